The van der Waals surface area contributed by atoms with Crippen LogP contribution in [0.15, 0.2) is 36.4 Å². The molecule has 1 fully saturated rings. The van der Waals surface area contributed by atoms with Crippen LogP contribution in [0.2, 0.25) is 10.0 Å². The maximum atomic E-state index is 12.9. The molecular formula is C21H19Cl2N3O3. The molecule has 2 aromatic rings. The van der Waals surface area contributed by atoms with Gasteiger partial charge in [-0.05, 0) is 49.2 Å². The van der Waals surface area contributed by atoms with Crippen molar-refractivity contribution in [1.82, 2.24) is 4.90 Å². The summed E-state index contributed by atoms with van der Waals surface area (Å²) < 4.78 is 0. The second-order valence-electron chi connectivity index (χ2n) is 7.24. The minimum atomic E-state index is -0.496. The predicted molar refractivity (Wildman–Crippen MR) is 113 cm³/mol. The lowest BCUT2D eigenvalue weighted by molar-refractivity contribution is 0.0549. The lowest BCUT2D eigenvalue weighted by Crippen LogP contribution is -2.40. The third-order valence-electron chi connectivity index (χ3n) is 5.29. The van der Waals surface area contributed by atoms with E-state index in [1.807, 2.05) is 0 Å². The molecule has 4 amide bonds. The Morgan fingerprint density at radius 2 is 1.45 bits per heavy atom. The molecular weight excluding hydrogens is 413 g/mol. The molecule has 1 heterocycles. The van der Waals surface area contributed by atoms with Crippen molar-refractivity contribution in [1.29, 1.82) is 0 Å². The molecule has 1 aliphatic carbocycles. The molecule has 0 atom stereocenters. The van der Waals surface area contributed by atoms with Crippen LogP contribution in [-0.4, -0.2) is 28.8 Å². The normalized spacial score (nSPS) is 16.7. The molecule has 2 aromatic carbocycles. The molecule has 4 rings (SSSR count). The first-order valence-corrected chi connectivity index (χ1v) is 10.2. The fourth-order valence-corrected chi connectivity index (χ4v) is 4.17. The minimum absolute atomic E-state index is 0.0366. The van der Waals surface area contributed by atoms with Crippen molar-refractivity contribution in [2.24, 2.45) is 0 Å². The van der Waals surface area contributed by atoms with E-state index in [2.05, 4.69) is 10.6 Å². The molecule has 0 saturated heterocycles. The summed E-state index contributed by atoms with van der Waals surface area (Å²) in [6.07, 6.45) is 4.90. The molecule has 1 aliphatic heterocycles. The Balaban J connectivity index is 1.48. The number of hydrogen-bond acceptors (Lipinski definition) is 3. The van der Waals surface area contributed by atoms with E-state index < -0.39 is 6.03 Å². The minimum Gasteiger partial charge on any atom is -0.308 e. The number of rotatable bonds is 3. The van der Waals surface area contributed by atoms with Gasteiger partial charge in [-0.3, -0.25) is 14.5 Å². The fraction of sp³-hybridized carbons (Fsp3) is 0.286. The Morgan fingerprint density at radius 1 is 0.828 bits per heavy atom. The van der Waals surface area contributed by atoms with Crippen LogP contribution >= 0.6 is 23.2 Å². The molecule has 150 valence electrons. The summed E-state index contributed by atoms with van der Waals surface area (Å²) in [7, 11) is 0. The van der Waals surface area contributed by atoms with Gasteiger partial charge in [0.25, 0.3) is 11.8 Å². The van der Waals surface area contributed by atoms with Gasteiger partial charge in [0.2, 0.25) is 0 Å². The Hall–Kier alpha value is -2.57. The summed E-state index contributed by atoms with van der Waals surface area (Å²) in [4.78, 5) is 39.2. The van der Waals surface area contributed by atoms with Crippen molar-refractivity contribution in [3.63, 3.8) is 0 Å². The first-order chi connectivity index (χ1) is 13.9. The van der Waals surface area contributed by atoms with Crippen LogP contribution in [0.3, 0.4) is 0 Å². The predicted octanol–water partition coefficient (Wildman–Crippen LogP) is 5.57. The Morgan fingerprint density at radius 3 is 2.14 bits per heavy atom. The zero-order chi connectivity index (χ0) is 20.5. The van der Waals surface area contributed by atoms with Gasteiger partial charge in [-0.15, -0.1) is 0 Å². The van der Waals surface area contributed by atoms with E-state index in [0.29, 0.717) is 32.5 Å². The van der Waals surface area contributed by atoms with Gasteiger partial charge < -0.3 is 10.6 Å². The van der Waals surface area contributed by atoms with Crippen LogP contribution in [-0.2, 0) is 0 Å². The van der Waals surface area contributed by atoms with Crippen LogP contribution in [0.4, 0.5) is 16.2 Å². The van der Waals surface area contributed by atoms with Crippen LogP contribution in [0.25, 0.3) is 0 Å². The number of nitrogens with one attached hydrogen (secondary N) is 2. The number of carbonyl (C=O) groups excluding carboxylic acids is 3. The van der Waals surface area contributed by atoms with Crippen molar-refractivity contribution in [2.45, 2.75) is 38.1 Å². The highest BCUT2D eigenvalue weighted by Gasteiger charge is 2.40. The molecule has 8 heteroatoms. The van der Waals surface area contributed by atoms with Gasteiger partial charge in [0, 0.05) is 17.4 Å². The van der Waals surface area contributed by atoms with E-state index >= 15 is 0 Å². The highest BCUT2D eigenvalue weighted by Crippen LogP contribution is 2.32. The molecule has 2 N–H and O–H groups in total. The molecule has 2 aliphatic rings. The van der Waals surface area contributed by atoms with E-state index in [0.717, 1.165) is 32.1 Å². The summed E-state index contributed by atoms with van der Waals surface area (Å²) in [5.74, 6) is -0.533. The van der Waals surface area contributed by atoms with Gasteiger partial charge in [0.1, 0.15) is 0 Å². The van der Waals surface area contributed by atoms with Crippen molar-refractivity contribution in [2.75, 3.05) is 10.6 Å². The zero-order valence-corrected chi connectivity index (χ0v) is 17.0. The third-order valence-corrected chi connectivity index (χ3v) is 6.03. The first-order valence-electron chi connectivity index (χ1n) is 9.49. The number of hydrogen-bond donors (Lipinski definition) is 2. The third kappa shape index (κ3) is 3.95. The monoisotopic (exact) mass is 431 g/mol. The van der Waals surface area contributed by atoms with Crippen molar-refractivity contribution >= 4 is 52.4 Å². The fourth-order valence-electron chi connectivity index (χ4n) is 3.88. The number of fused-ring (bicyclic) bond motifs is 1. The highest BCUT2D eigenvalue weighted by atomic mass is 35.5. The molecule has 0 aromatic heterocycles. The van der Waals surface area contributed by atoms with E-state index in [1.54, 1.807) is 30.3 Å². The highest BCUT2D eigenvalue weighted by molar-refractivity contribution is 6.42. The summed E-state index contributed by atoms with van der Waals surface area (Å²) in [5, 5.41) is 6.05. The average Bonchev–Trinajstić information content (AvgIpc) is 2.95. The summed E-state index contributed by atoms with van der Waals surface area (Å²) in [5.41, 5.74) is 1.62. The van der Waals surface area contributed by atoms with Crippen LogP contribution < -0.4 is 10.6 Å². The van der Waals surface area contributed by atoms with Crippen molar-refractivity contribution < 1.29 is 14.4 Å². The quantitative estimate of drug-likeness (QED) is 0.623. The second kappa shape index (κ2) is 8.05. The number of imide groups is 1. The van der Waals surface area contributed by atoms with Crippen LogP contribution in [0, 0.1) is 0 Å². The van der Waals surface area contributed by atoms with E-state index in [1.165, 1.54) is 11.0 Å². The molecule has 0 radical (unpaired) electrons. The van der Waals surface area contributed by atoms with Crippen LogP contribution in [0.1, 0.15) is 52.8 Å². The van der Waals surface area contributed by atoms with Gasteiger partial charge >= 0.3 is 6.03 Å². The Kier molecular flexibility index (Phi) is 5.48. The molecule has 6 nitrogen and oxygen atoms in total. The largest absolute Gasteiger partial charge is 0.323 e. The standard InChI is InChI=1S/C21H19Cl2N3O3/c22-17-9-7-13(11-18(17)23)25-21(29)24-12-6-8-15-16(10-12)20(28)26(19(15)27)14-4-2-1-3-5-14/h6-11,14H,1-5H2,(H2,24,25,29). The Bertz CT molecular complexity index is 1000. The topological polar surface area (TPSA) is 78.5 Å². The second-order valence-corrected chi connectivity index (χ2v) is 8.05. The number of urea groups is 1. The van der Waals surface area contributed by atoms with Gasteiger partial charge in [0.05, 0.1) is 21.2 Å². The summed E-state index contributed by atoms with van der Waals surface area (Å²) in [6, 6.07) is 8.97. The van der Waals surface area contributed by atoms with Crippen molar-refractivity contribution in [3.05, 3.63) is 57.6 Å². The number of carbonyl (C=O) groups is 3. The van der Waals surface area contributed by atoms with Crippen molar-refractivity contribution in [3.8, 4) is 0 Å². The van der Waals surface area contributed by atoms with Gasteiger partial charge in [-0.25, -0.2) is 4.79 Å². The maximum Gasteiger partial charge on any atom is 0.323 e. The first kappa shape index (κ1) is 19.7. The smallest absolute Gasteiger partial charge is 0.308 e. The van der Waals surface area contributed by atoms with E-state index in [4.69, 9.17) is 23.2 Å². The van der Waals surface area contributed by atoms with Gasteiger partial charge in [-0.1, -0.05) is 42.5 Å². The molecule has 1 saturated carbocycles. The number of anilines is 2. The number of nitrogens with zero attached hydrogens (tertiary/aromatic N) is 1. The maximum absolute atomic E-state index is 12.9. The molecule has 0 spiro atoms. The zero-order valence-electron chi connectivity index (χ0n) is 15.5. The lowest BCUT2D eigenvalue weighted by Gasteiger charge is -2.29. The molecule has 0 unspecified atom stereocenters. The average molecular weight is 432 g/mol. The molecule has 0 bridgehead atoms. The lowest BCUT2D eigenvalue weighted by atomic mass is 9.94. The van der Waals surface area contributed by atoms with Crippen LogP contribution in [0.5, 0.6) is 0 Å². The Labute approximate surface area is 178 Å². The van der Waals surface area contributed by atoms with Gasteiger partial charge in [0.15, 0.2) is 0 Å². The molecule has 29 heavy (non-hydrogen) atoms. The summed E-state index contributed by atoms with van der Waals surface area (Å²) in [6.45, 7) is 0. The SMILES string of the molecule is O=C(Nc1ccc(Cl)c(Cl)c1)Nc1ccc2c(c1)C(=O)N(C1CCCCC1)C2=O. The van der Waals surface area contributed by atoms with E-state index in [9.17, 15) is 14.4 Å². The number of benzene rings is 2. The van der Waals surface area contributed by atoms with E-state index in [-0.39, 0.29) is 17.9 Å². The number of amides is 4. The summed E-state index contributed by atoms with van der Waals surface area (Å²) >= 11 is 11.8. The number of halogens is 2. The van der Waals surface area contributed by atoms with Gasteiger partial charge in [-0.2, -0.15) is 0 Å².